The first-order valence-corrected chi connectivity index (χ1v) is 4.43. The van der Waals surface area contributed by atoms with Crippen LogP contribution < -0.4 is 5.73 Å². The van der Waals surface area contributed by atoms with E-state index in [0.717, 1.165) is 32.4 Å². The van der Waals surface area contributed by atoms with Crippen molar-refractivity contribution in [2.45, 2.75) is 19.3 Å². The average molecular weight is 164 g/mol. The molecule has 1 heterocycles. The number of primary amides is 1. The minimum Gasteiger partial charge on any atom is -0.369 e. The molecule has 4 heteroatoms. The summed E-state index contributed by atoms with van der Waals surface area (Å²) in [5.74, 6) is 0.0201. The van der Waals surface area contributed by atoms with Crippen LogP contribution in [0.5, 0.6) is 0 Å². The van der Waals surface area contributed by atoms with Gasteiger partial charge in [-0.2, -0.15) is 0 Å². The molecule has 1 unspecified atom stereocenters. The Hall–Kier alpha value is -0.505. The molecule has 0 aromatic rings. The highest BCUT2D eigenvalue weighted by Crippen LogP contribution is 2.58. The summed E-state index contributed by atoms with van der Waals surface area (Å²) in [6, 6.07) is 0. The summed E-state index contributed by atoms with van der Waals surface area (Å²) in [5.41, 5.74) is 5.51. The van der Waals surface area contributed by atoms with Gasteiger partial charge in [0.25, 0.3) is 0 Å². The number of hydrogen-bond donors (Lipinski definition) is 1. The molecule has 1 amide bonds. The molecule has 0 bridgehead atoms. The second kappa shape index (κ2) is 2.49. The second-order valence-corrected chi connectivity index (χ2v) is 4.06. The molecule has 1 aliphatic heterocycles. The lowest BCUT2D eigenvalue weighted by Gasteiger charge is -2.30. The van der Waals surface area contributed by atoms with Gasteiger partial charge in [0.05, 0.1) is 0 Å². The first-order chi connectivity index (χ1) is 5.64. The van der Waals surface area contributed by atoms with Crippen molar-refractivity contribution in [3.63, 3.8) is 0 Å². The van der Waals surface area contributed by atoms with Gasteiger partial charge in [-0.15, -0.1) is 0 Å². The van der Waals surface area contributed by atoms with Crippen LogP contribution >= 0.6 is 0 Å². The lowest BCUT2D eigenvalue weighted by Crippen LogP contribution is -2.34. The van der Waals surface area contributed by atoms with E-state index in [1.165, 1.54) is 0 Å². The molecule has 12 heavy (non-hydrogen) atoms. The van der Waals surface area contributed by atoms with Gasteiger partial charge in [0.1, 0.15) is 0 Å². The van der Waals surface area contributed by atoms with E-state index in [4.69, 9.17) is 13.7 Å². The fourth-order valence-corrected chi connectivity index (χ4v) is 2.27. The second-order valence-electron chi connectivity index (χ2n) is 4.06. The highest BCUT2D eigenvalue weighted by atomic mass is 16.1. The van der Waals surface area contributed by atoms with E-state index in [-0.39, 0.29) is 17.2 Å². The lowest BCUT2D eigenvalue weighted by atomic mass is 9.89. The maximum atomic E-state index is 10.9. The number of hydrogen-bond acceptors (Lipinski definition) is 2. The number of amides is 1. The zero-order valence-corrected chi connectivity index (χ0v) is 7.12. The largest absolute Gasteiger partial charge is 0.369 e. The Balaban J connectivity index is 1.95. The normalized spacial score (nSPS) is 33.5. The van der Waals surface area contributed by atoms with Crippen molar-refractivity contribution < 1.29 is 4.79 Å². The molecular weight excluding hydrogens is 151 g/mol. The number of nitrogens with two attached hydrogens (primary N) is 1. The van der Waals surface area contributed by atoms with Gasteiger partial charge in [0.2, 0.25) is 5.91 Å². The Labute approximate surface area is 73.7 Å². The number of carbonyl (C=O) groups is 1. The van der Waals surface area contributed by atoms with E-state index in [2.05, 4.69) is 0 Å². The zero-order valence-electron chi connectivity index (χ0n) is 7.12. The highest BCUT2D eigenvalue weighted by Gasteiger charge is 2.57. The molecule has 1 spiro atoms. The summed E-state index contributed by atoms with van der Waals surface area (Å²) in [4.78, 5) is 12.7. The maximum Gasteiger partial charge on any atom is 0.221 e. The van der Waals surface area contributed by atoms with Crippen LogP contribution in [-0.4, -0.2) is 31.8 Å². The molecule has 1 aliphatic carbocycles. The molecule has 2 radical (unpaired) electrons. The molecular formula is C8H13BN2O. The molecule has 1 saturated heterocycles. The number of rotatable bonds is 1. The molecule has 0 aromatic heterocycles. The van der Waals surface area contributed by atoms with Crippen LogP contribution in [0.2, 0.25) is 0 Å². The van der Waals surface area contributed by atoms with Gasteiger partial charge in [0.15, 0.2) is 7.98 Å². The summed E-state index contributed by atoms with van der Waals surface area (Å²) in [7, 11) is 5.62. The van der Waals surface area contributed by atoms with E-state index in [1.807, 2.05) is 4.81 Å². The smallest absolute Gasteiger partial charge is 0.221 e. The van der Waals surface area contributed by atoms with E-state index in [1.54, 1.807) is 0 Å². The molecule has 1 saturated carbocycles. The van der Waals surface area contributed by atoms with Crippen LogP contribution in [0.3, 0.4) is 0 Å². The van der Waals surface area contributed by atoms with Gasteiger partial charge in [-0.3, -0.25) is 4.79 Å². The summed E-state index contributed by atoms with van der Waals surface area (Å²) >= 11 is 0. The summed E-state index contributed by atoms with van der Waals surface area (Å²) in [6.07, 6.45) is 3.07. The van der Waals surface area contributed by atoms with Crippen molar-refractivity contribution in [1.29, 1.82) is 0 Å². The minimum atomic E-state index is -0.125. The minimum absolute atomic E-state index is 0.125. The molecule has 64 valence electrons. The fourth-order valence-electron chi connectivity index (χ4n) is 2.27. The van der Waals surface area contributed by atoms with Crippen molar-refractivity contribution >= 4 is 13.9 Å². The topological polar surface area (TPSA) is 46.3 Å². The quantitative estimate of drug-likeness (QED) is 0.538. The molecule has 2 rings (SSSR count). The van der Waals surface area contributed by atoms with E-state index >= 15 is 0 Å². The predicted molar refractivity (Wildman–Crippen MR) is 46.3 cm³/mol. The first kappa shape index (κ1) is 8.11. The van der Waals surface area contributed by atoms with E-state index in [9.17, 15) is 4.79 Å². The third kappa shape index (κ3) is 1.14. The van der Waals surface area contributed by atoms with Gasteiger partial charge in [-0.1, -0.05) is 0 Å². The van der Waals surface area contributed by atoms with E-state index < -0.39 is 0 Å². The molecule has 2 aliphatic rings. The molecule has 2 fully saturated rings. The summed E-state index contributed by atoms with van der Waals surface area (Å²) in [5, 5.41) is 0. The predicted octanol–water partition coefficient (Wildman–Crippen LogP) is -0.343. The van der Waals surface area contributed by atoms with Crippen molar-refractivity contribution in [2.24, 2.45) is 17.1 Å². The van der Waals surface area contributed by atoms with Gasteiger partial charge < -0.3 is 10.5 Å². The summed E-state index contributed by atoms with van der Waals surface area (Å²) in [6.45, 7) is 1.81. The van der Waals surface area contributed by atoms with Crippen molar-refractivity contribution in [3.8, 4) is 0 Å². The van der Waals surface area contributed by atoms with Crippen LogP contribution in [0.1, 0.15) is 19.3 Å². The van der Waals surface area contributed by atoms with Gasteiger partial charge >= 0.3 is 0 Å². The van der Waals surface area contributed by atoms with Gasteiger partial charge in [-0.05, 0) is 37.8 Å². The van der Waals surface area contributed by atoms with E-state index in [0.29, 0.717) is 0 Å². The Morgan fingerprint density at radius 3 is 2.50 bits per heavy atom. The molecule has 2 N–H and O–H groups in total. The monoisotopic (exact) mass is 164 g/mol. The lowest BCUT2D eigenvalue weighted by molar-refractivity contribution is -0.120. The molecule has 1 atom stereocenters. The first-order valence-electron chi connectivity index (χ1n) is 4.43. The van der Waals surface area contributed by atoms with Crippen LogP contribution in [-0.2, 0) is 4.79 Å². The highest BCUT2D eigenvalue weighted by molar-refractivity contribution is 6.04. The zero-order chi connectivity index (χ0) is 8.77. The number of nitrogens with zero attached hydrogens (tertiary/aromatic N) is 1. The summed E-state index contributed by atoms with van der Waals surface area (Å²) < 4.78 is 0. The SMILES string of the molecule is [B]N1CCC2(CC1)CC2C(N)=O. The van der Waals surface area contributed by atoms with Crippen molar-refractivity contribution in [3.05, 3.63) is 0 Å². The van der Waals surface area contributed by atoms with Gasteiger partial charge in [0, 0.05) is 5.92 Å². The van der Waals surface area contributed by atoms with Gasteiger partial charge in [-0.25, -0.2) is 0 Å². The van der Waals surface area contributed by atoms with Crippen LogP contribution in [0.25, 0.3) is 0 Å². The number of piperidine rings is 1. The average Bonchev–Trinajstić information content (AvgIpc) is 2.72. The Bertz CT molecular complexity index is 211. The van der Waals surface area contributed by atoms with Crippen LogP contribution in [0.15, 0.2) is 0 Å². The fraction of sp³-hybridized carbons (Fsp3) is 0.875. The third-order valence-corrected chi connectivity index (χ3v) is 3.33. The Morgan fingerprint density at radius 1 is 1.50 bits per heavy atom. The van der Waals surface area contributed by atoms with Crippen LogP contribution in [0.4, 0.5) is 0 Å². The Kier molecular flexibility index (Phi) is 1.68. The standard InChI is InChI=1S/C8H13BN2O/c9-11-3-1-8(2-4-11)5-6(8)7(10)12/h6H,1-5H2,(H2,10,12). The van der Waals surface area contributed by atoms with Crippen LogP contribution in [0, 0.1) is 11.3 Å². The molecule has 0 aromatic carbocycles. The maximum absolute atomic E-state index is 10.9. The molecule has 3 nitrogen and oxygen atoms in total. The number of carbonyl (C=O) groups excluding carboxylic acids is 1. The third-order valence-electron chi connectivity index (χ3n) is 3.33. The van der Waals surface area contributed by atoms with Crippen molar-refractivity contribution in [1.82, 2.24) is 4.81 Å². The van der Waals surface area contributed by atoms with Crippen molar-refractivity contribution in [2.75, 3.05) is 13.1 Å². The Morgan fingerprint density at radius 2 is 2.08 bits per heavy atom.